The van der Waals surface area contributed by atoms with Gasteiger partial charge in [-0.15, -0.1) is 0 Å². The minimum absolute atomic E-state index is 0.391. The van der Waals surface area contributed by atoms with Crippen molar-refractivity contribution in [3.8, 4) is 78.4 Å². The second-order valence-electron chi connectivity index (χ2n) is 33.5. The maximum atomic E-state index is 6.36. The first-order valence-electron chi connectivity index (χ1n) is 41.9. The maximum absolute atomic E-state index is 6.36. The van der Waals surface area contributed by atoms with Crippen LogP contribution in [0, 0.1) is 0 Å². The lowest BCUT2D eigenvalue weighted by atomic mass is 9.67. The van der Waals surface area contributed by atoms with Crippen LogP contribution in [-0.4, -0.2) is 38.3 Å². The van der Waals surface area contributed by atoms with Crippen LogP contribution in [-0.2, 0) is 20.1 Å². The Hall–Kier alpha value is -14.6. The minimum atomic E-state index is -0.502. The Balaban J connectivity index is 0.000000154. The molecule has 0 N–H and O–H groups in total. The Bertz CT molecular complexity index is 7600. The zero-order chi connectivity index (χ0) is 80.7. The molecule has 0 unspecified atom stereocenters. The molecule has 2 aliphatic carbocycles. The Labute approximate surface area is 702 Å². The zero-order valence-corrected chi connectivity index (χ0v) is 67.4. The highest BCUT2D eigenvalue weighted by Crippen LogP contribution is 2.60. The molecule has 0 saturated carbocycles. The van der Waals surface area contributed by atoms with Crippen LogP contribution in [0.4, 0.5) is 0 Å². The molecule has 1 aliphatic heterocycles. The van der Waals surface area contributed by atoms with Gasteiger partial charge in [-0.05, 0) is 192 Å². The summed E-state index contributed by atoms with van der Waals surface area (Å²) in [6.07, 6.45) is 0. The van der Waals surface area contributed by atoms with E-state index in [-0.39, 0.29) is 0 Å². The van der Waals surface area contributed by atoms with Crippen LogP contribution >= 0.6 is 0 Å². The number of pyridine rings is 4. The highest BCUT2D eigenvalue weighted by molar-refractivity contribution is 6.62. The first-order valence-corrected chi connectivity index (χ1v) is 41.9. The van der Waals surface area contributed by atoms with Gasteiger partial charge in [0.05, 0.1) is 66.9 Å². The van der Waals surface area contributed by atoms with Crippen molar-refractivity contribution >= 4 is 99.3 Å². The third-order valence-electron chi connectivity index (χ3n) is 26.5. The summed E-state index contributed by atoms with van der Waals surface area (Å²) in [4.78, 5) is 21.6. The van der Waals surface area contributed by atoms with Crippen molar-refractivity contribution in [2.45, 2.75) is 49.7 Å². The van der Waals surface area contributed by atoms with Gasteiger partial charge in [-0.25, -0.2) is 19.9 Å². The van der Waals surface area contributed by atoms with Crippen LogP contribution in [0.15, 0.2) is 406 Å². The van der Waals surface area contributed by atoms with E-state index in [2.05, 4.69) is 428 Å². The molecule has 24 rings (SSSR count). The Morgan fingerprint density at radius 2 is 0.570 bits per heavy atom. The van der Waals surface area contributed by atoms with Gasteiger partial charge >= 0.3 is 7.12 Å². The number of aromatic nitrogens is 4. The quantitative estimate of drug-likeness (QED) is 0.0772. The third-order valence-corrected chi connectivity index (χ3v) is 26.5. The molecule has 121 heavy (non-hydrogen) atoms. The van der Waals surface area contributed by atoms with Gasteiger partial charge in [-0.1, -0.05) is 358 Å². The molecule has 0 spiro atoms. The summed E-state index contributed by atoms with van der Waals surface area (Å²) in [5, 5.41) is 13.8. The van der Waals surface area contributed by atoms with E-state index in [0.29, 0.717) is 0 Å². The van der Waals surface area contributed by atoms with E-state index in [0.717, 1.165) is 121 Å². The van der Waals surface area contributed by atoms with Gasteiger partial charge in [-0.3, -0.25) is 0 Å². The fourth-order valence-electron chi connectivity index (χ4n) is 20.2. The van der Waals surface area contributed by atoms with Crippen LogP contribution in [0.25, 0.3) is 165 Å². The van der Waals surface area contributed by atoms with Gasteiger partial charge in [-0.2, -0.15) is 0 Å². The Morgan fingerprint density at radius 3 is 1.01 bits per heavy atom. The molecule has 7 heteroatoms. The van der Waals surface area contributed by atoms with Crippen LogP contribution in [0.5, 0.6) is 0 Å². The summed E-state index contributed by atoms with van der Waals surface area (Å²) >= 11 is 0. The maximum Gasteiger partial charge on any atom is 0.494 e. The largest absolute Gasteiger partial charge is 0.494 e. The van der Waals surface area contributed by atoms with Gasteiger partial charge in [0, 0.05) is 54.6 Å². The summed E-state index contributed by atoms with van der Waals surface area (Å²) in [6, 6.07) is 148. The van der Waals surface area contributed by atoms with Crippen LogP contribution in [0.1, 0.15) is 72.2 Å². The number of para-hydroxylation sites is 2. The van der Waals surface area contributed by atoms with E-state index in [1.807, 2.05) is 6.07 Å². The first-order chi connectivity index (χ1) is 59.5. The average molecular weight is 1550 g/mol. The Kier molecular flexibility index (Phi) is 16.6. The number of hydrogen-bond donors (Lipinski definition) is 0. The van der Waals surface area contributed by atoms with E-state index >= 15 is 0 Å². The van der Waals surface area contributed by atoms with Crippen LogP contribution in [0.2, 0.25) is 0 Å². The van der Waals surface area contributed by atoms with Crippen molar-refractivity contribution in [2.24, 2.45) is 0 Å². The molecule has 1 fully saturated rings. The molecule has 0 amide bonds. The first kappa shape index (κ1) is 71.7. The molecule has 5 heterocycles. The van der Waals surface area contributed by atoms with E-state index in [1.165, 1.54) is 93.9 Å². The predicted octanol–water partition coefficient (Wildman–Crippen LogP) is 27.5. The molecule has 0 bridgehead atoms. The van der Waals surface area contributed by atoms with Gasteiger partial charge in [0.25, 0.3) is 0 Å². The van der Waals surface area contributed by atoms with Crippen LogP contribution < -0.4 is 5.46 Å². The summed E-state index contributed by atoms with van der Waals surface area (Å²) in [7, 11) is -0.408. The number of fused-ring (bicyclic) bond motifs is 17. The van der Waals surface area contributed by atoms with Crippen molar-refractivity contribution in [2.75, 3.05) is 0 Å². The predicted molar refractivity (Wildman–Crippen MR) is 502 cm³/mol. The van der Waals surface area contributed by atoms with Gasteiger partial charge in [0.2, 0.25) is 0 Å². The molecular weight excluding hydrogens is 1470 g/mol. The minimum Gasteiger partial charge on any atom is -0.399 e. The zero-order valence-electron chi connectivity index (χ0n) is 67.4. The molecule has 1 saturated heterocycles. The summed E-state index contributed by atoms with van der Waals surface area (Å²) in [5.41, 5.74) is 28.8. The summed E-state index contributed by atoms with van der Waals surface area (Å²) in [5.74, 6) is 0. The lowest BCUT2D eigenvalue weighted by Gasteiger charge is -2.34. The molecule has 4 aromatic heterocycles. The monoisotopic (exact) mass is 1550 g/mol. The van der Waals surface area contributed by atoms with Crippen molar-refractivity contribution in [1.82, 2.24) is 19.9 Å². The molecule has 0 atom stereocenters. The van der Waals surface area contributed by atoms with Gasteiger partial charge in [0.15, 0.2) is 0 Å². The topological polar surface area (TPSA) is 70.0 Å². The number of nitrogens with zero attached hydrogens (tertiary/aromatic N) is 4. The lowest BCUT2D eigenvalue weighted by Crippen LogP contribution is -2.41. The number of hydrogen-bond acceptors (Lipinski definition) is 6. The van der Waals surface area contributed by atoms with Crippen molar-refractivity contribution in [3.05, 3.63) is 451 Å². The summed E-state index contributed by atoms with van der Waals surface area (Å²) < 4.78 is 12.7. The van der Waals surface area contributed by atoms with Crippen LogP contribution in [0.3, 0.4) is 0 Å². The standard InChI is InChI=1S/C70H43N3.C44H36BNO2/c1-4-18-44(19-5-1)62-40-38-47-36-37-48-39-41-64(73-69(48)68(47)71-62)66-55-28-12-10-26-53(55)65(54-27-11-13-29-56(54)66)45-32-34-46(35-33-45)67-59-42-58-51-24-14-16-30-60(51)70(49-20-6-2-7-21-49,50-22-8-3-9-23-50)61(58)43-57(59)52-25-15-17-31-63(52)72-67;1-42(2)43(3,4)48-45(47-42)32-25-23-29(24-26-32)41-37-27-36-33-19-11-13-21-38(33)44(30-15-7-5-8-16-30,31-17-9-6-10-18-31)39(36)28-35(37)34-20-12-14-22-40(34)46-41/h1-43H;5-28H,1-4H3. The molecule has 3 aliphatic rings. The van der Waals surface area contributed by atoms with Crippen molar-refractivity contribution in [3.63, 3.8) is 0 Å². The smallest absolute Gasteiger partial charge is 0.399 e. The van der Waals surface area contributed by atoms with E-state index in [9.17, 15) is 0 Å². The number of benzene rings is 17. The molecule has 17 aromatic carbocycles. The van der Waals surface area contributed by atoms with E-state index in [4.69, 9.17) is 29.2 Å². The Morgan fingerprint density at radius 1 is 0.231 bits per heavy atom. The fourth-order valence-corrected chi connectivity index (χ4v) is 20.2. The highest BCUT2D eigenvalue weighted by atomic mass is 16.7. The normalized spacial score (nSPS) is 14.5. The van der Waals surface area contributed by atoms with Gasteiger partial charge in [0.1, 0.15) is 0 Å². The van der Waals surface area contributed by atoms with Crippen molar-refractivity contribution < 1.29 is 9.31 Å². The molecule has 570 valence electrons. The van der Waals surface area contributed by atoms with E-state index in [1.54, 1.807) is 0 Å². The average Bonchev–Trinajstić information content (AvgIpc) is 1.53. The SMILES string of the molecule is CC1(C)OB(c2ccc(-c3nc4ccccc4c4cc5c(cc34)-c3ccccc3C5(c3ccccc3)c3ccccc3)cc2)OC1(C)C.c1ccc(-c2ccc3ccc4ccc(-c5c6ccccc6c(-c6ccc(-c7nc8ccccc8c8cc9c(cc78)-c7ccccc7C9(c7ccccc7)c7ccccc7)cc6)c6ccccc56)nc4c3n2)cc1. The molecule has 6 nitrogen and oxygen atoms in total. The summed E-state index contributed by atoms with van der Waals surface area (Å²) in [6.45, 7) is 8.36. The van der Waals surface area contributed by atoms with Crippen molar-refractivity contribution in [1.29, 1.82) is 0 Å². The highest BCUT2D eigenvalue weighted by Gasteiger charge is 2.52. The second kappa shape index (κ2) is 28.0. The number of rotatable bonds is 10. The molecular formula is C114H79BN4O2. The van der Waals surface area contributed by atoms with Gasteiger partial charge < -0.3 is 9.31 Å². The second-order valence-corrected chi connectivity index (χ2v) is 33.5. The molecule has 21 aromatic rings. The molecule has 0 radical (unpaired) electrons. The van der Waals surface area contributed by atoms with E-state index < -0.39 is 29.2 Å². The lowest BCUT2D eigenvalue weighted by molar-refractivity contribution is 0.00578. The third kappa shape index (κ3) is 11.2. The fraction of sp³-hybridized carbons (Fsp3) is 0.0702.